The van der Waals surface area contributed by atoms with Crippen molar-refractivity contribution in [3.8, 4) is 10.6 Å². The largest absolute Gasteiger partial charge is 0.322 e. The first-order valence-corrected chi connectivity index (χ1v) is 9.90. The molecule has 0 spiro atoms. The molecule has 0 aliphatic heterocycles. The van der Waals surface area contributed by atoms with E-state index in [1.165, 1.54) is 17.4 Å². The Kier molecular flexibility index (Phi) is 5.25. The average Bonchev–Trinajstić information content (AvgIpc) is 3.30. The van der Waals surface area contributed by atoms with Crippen LogP contribution >= 0.6 is 11.3 Å². The Balaban J connectivity index is 1.51. The highest BCUT2D eigenvalue weighted by Crippen LogP contribution is 2.27. The minimum atomic E-state index is -0.177. The van der Waals surface area contributed by atoms with Crippen molar-refractivity contribution in [2.45, 2.75) is 19.8 Å². The van der Waals surface area contributed by atoms with Gasteiger partial charge in [-0.05, 0) is 30.2 Å². The van der Waals surface area contributed by atoms with E-state index in [-0.39, 0.29) is 5.91 Å². The van der Waals surface area contributed by atoms with E-state index in [1.54, 1.807) is 10.6 Å². The van der Waals surface area contributed by atoms with Gasteiger partial charge in [-0.1, -0.05) is 60.7 Å². The molecule has 4 rings (SSSR count). The number of amides is 1. The van der Waals surface area contributed by atoms with Crippen LogP contribution in [0.5, 0.6) is 0 Å². The van der Waals surface area contributed by atoms with Gasteiger partial charge in [0.25, 0.3) is 0 Å². The molecule has 0 aliphatic rings. The minimum absolute atomic E-state index is 0.177. The zero-order chi connectivity index (χ0) is 19.3. The number of rotatable bonds is 6. The van der Waals surface area contributed by atoms with Gasteiger partial charge >= 0.3 is 0 Å². The van der Waals surface area contributed by atoms with E-state index in [0.29, 0.717) is 0 Å². The van der Waals surface area contributed by atoms with Gasteiger partial charge in [0, 0.05) is 23.7 Å². The lowest BCUT2D eigenvalue weighted by Crippen LogP contribution is -2.07. The van der Waals surface area contributed by atoms with Gasteiger partial charge in [0.1, 0.15) is 5.01 Å². The third-order valence-corrected chi connectivity index (χ3v) is 5.08. The van der Waals surface area contributed by atoms with Gasteiger partial charge in [-0.25, -0.2) is 0 Å². The molecule has 0 bridgehead atoms. The van der Waals surface area contributed by atoms with Crippen LogP contribution in [0.3, 0.4) is 0 Å². The van der Waals surface area contributed by atoms with E-state index < -0.39 is 0 Å². The number of anilines is 1. The first-order chi connectivity index (χ1) is 13.7. The highest BCUT2D eigenvalue weighted by atomic mass is 32.1. The van der Waals surface area contributed by atoms with Gasteiger partial charge in [-0.2, -0.15) is 9.61 Å². The summed E-state index contributed by atoms with van der Waals surface area (Å²) in [6.45, 7) is 2.10. The average molecular weight is 389 g/mol. The van der Waals surface area contributed by atoms with Crippen molar-refractivity contribution in [2.75, 3.05) is 5.32 Å². The number of nitrogens with zero attached hydrogens (tertiary/aromatic N) is 4. The molecule has 0 atom stereocenters. The summed E-state index contributed by atoms with van der Waals surface area (Å²) in [6, 6.07) is 17.4. The molecule has 2 aromatic heterocycles. The number of aromatic nitrogens is 4. The second kappa shape index (κ2) is 8.14. The number of carbonyl (C=O) groups excluding carboxylic acids is 1. The van der Waals surface area contributed by atoms with Gasteiger partial charge in [0.05, 0.1) is 0 Å². The molecule has 0 aliphatic carbocycles. The number of nitrogens with one attached hydrogen (secondary N) is 1. The first kappa shape index (κ1) is 18.1. The second-order valence-corrected chi connectivity index (χ2v) is 7.24. The van der Waals surface area contributed by atoms with E-state index in [9.17, 15) is 4.79 Å². The summed E-state index contributed by atoms with van der Waals surface area (Å²) in [5, 5.41) is 16.8. The number of hydrogen-bond donors (Lipinski definition) is 1. The molecule has 0 saturated heterocycles. The molecule has 2 aromatic carbocycles. The maximum atomic E-state index is 12.2. The second-order valence-electron chi connectivity index (χ2n) is 6.28. The van der Waals surface area contributed by atoms with E-state index in [0.717, 1.165) is 45.4 Å². The van der Waals surface area contributed by atoms with Crippen molar-refractivity contribution in [3.05, 3.63) is 72.1 Å². The number of hydrogen-bond acceptors (Lipinski definition) is 5. The van der Waals surface area contributed by atoms with Crippen LogP contribution < -0.4 is 5.32 Å². The van der Waals surface area contributed by atoms with E-state index >= 15 is 0 Å². The SMILES string of the molecule is CCCc1nnc2sc(-c3cccc(NC(=O)/C=C/c4ccccc4)c3)nn12. The van der Waals surface area contributed by atoms with Crippen molar-refractivity contribution in [3.63, 3.8) is 0 Å². The maximum Gasteiger partial charge on any atom is 0.248 e. The molecular formula is C21H19N5OS. The van der Waals surface area contributed by atoms with Crippen LogP contribution in [0.25, 0.3) is 21.6 Å². The molecule has 0 saturated carbocycles. The van der Waals surface area contributed by atoms with Gasteiger partial charge in [0.15, 0.2) is 5.82 Å². The monoisotopic (exact) mass is 389 g/mol. The van der Waals surface area contributed by atoms with Crippen molar-refractivity contribution in [1.29, 1.82) is 0 Å². The molecule has 140 valence electrons. The minimum Gasteiger partial charge on any atom is -0.322 e. The Morgan fingerprint density at radius 3 is 2.82 bits per heavy atom. The number of carbonyl (C=O) groups is 1. The summed E-state index contributed by atoms with van der Waals surface area (Å²) < 4.78 is 1.80. The molecule has 1 amide bonds. The van der Waals surface area contributed by atoms with Gasteiger partial charge in [0.2, 0.25) is 10.9 Å². The van der Waals surface area contributed by atoms with Crippen LogP contribution in [0.2, 0.25) is 0 Å². The third kappa shape index (κ3) is 3.99. The molecule has 28 heavy (non-hydrogen) atoms. The van der Waals surface area contributed by atoms with Crippen molar-refractivity contribution < 1.29 is 4.79 Å². The molecule has 4 aromatic rings. The third-order valence-electron chi connectivity index (χ3n) is 4.13. The molecule has 0 radical (unpaired) electrons. The van der Waals surface area contributed by atoms with Crippen molar-refractivity contribution >= 4 is 34.0 Å². The van der Waals surface area contributed by atoms with Gasteiger partial charge in [-0.3, -0.25) is 4.79 Å². The molecule has 7 heteroatoms. The predicted molar refractivity (Wildman–Crippen MR) is 112 cm³/mol. The smallest absolute Gasteiger partial charge is 0.248 e. The quantitative estimate of drug-likeness (QED) is 0.494. The topological polar surface area (TPSA) is 72.2 Å². The Labute approximate surface area is 166 Å². The zero-order valence-electron chi connectivity index (χ0n) is 15.4. The summed E-state index contributed by atoms with van der Waals surface area (Å²) in [6.07, 6.45) is 5.15. The van der Waals surface area contributed by atoms with Crippen LogP contribution in [0, 0.1) is 0 Å². The normalized spacial score (nSPS) is 11.3. The molecule has 2 heterocycles. The fourth-order valence-electron chi connectivity index (χ4n) is 2.80. The highest BCUT2D eigenvalue weighted by Gasteiger charge is 2.12. The summed E-state index contributed by atoms with van der Waals surface area (Å²) in [5.74, 6) is 0.694. The number of benzene rings is 2. The van der Waals surface area contributed by atoms with E-state index in [1.807, 2.05) is 54.6 Å². The van der Waals surface area contributed by atoms with Gasteiger partial charge < -0.3 is 5.32 Å². The molecule has 0 unspecified atom stereocenters. The summed E-state index contributed by atoms with van der Waals surface area (Å²) in [5.41, 5.74) is 2.64. The Morgan fingerprint density at radius 2 is 2.00 bits per heavy atom. The van der Waals surface area contributed by atoms with Crippen LogP contribution in [-0.2, 0) is 11.2 Å². The lowest BCUT2D eigenvalue weighted by molar-refractivity contribution is -0.111. The molecule has 6 nitrogen and oxygen atoms in total. The zero-order valence-corrected chi connectivity index (χ0v) is 16.2. The van der Waals surface area contributed by atoms with E-state index in [2.05, 4.69) is 27.5 Å². The molecule has 0 fully saturated rings. The summed E-state index contributed by atoms with van der Waals surface area (Å²) in [7, 11) is 0. The first-order valence-electron chi connectivity index (χ1n) is 9.08. The van der Waals surface area contributed by atoms with Crippen LogP contribution in [0.15, 0.2) is 60.7 Å². The lowest BCUT2D eigenvalue weighted by Gasteiger charge is -2.04. The fraction of sp³-hybridized carbons (Fsp3) is 0.143. The van der Waals surface area contributed by atoms with E-state index in [4.69, 9.17) is 0 Å². The summed E-state index contributed by atoms with van der Waals surface area (Å²) >= 11 is 1.48. The predicted octanol–water partition coefficient (Wildman–Crippen LogP) is 4.46. The fourth-order valence-corrected chi connectivity index (χ4v) is 3.66. The lowest BCUT2D eigenvalue weighted by atomic mass is 10.2. The van der Waals surface area contributed by atoms with Gasteiger partial charge in [-0.15, -0.1) is 10.2 Å². The summed E-state index contributed by atoms with van der Waals surface area (Å²) in [4.78, 5) is 13.0. The Bertz CT molecular complexity index is 1130. The van der Waals surface area contributed by atoms with Crippen LogP contribution in [-0.4, -0.2) is 25.7 Å². The molecular weight excluding hydrogens is 370 g/mol. The number of fused-ring (bicyclic) bond motifs is 1. The van der Waals surface area contributed by atoms with Crippen LogP contribution in [0.4, 0.5) is 5.69 Å². The van der Waals surface area contributed by atoms with Crippen LogP contribution in [0.1, 0.15) is 24.7 Å². The Morgan fingerprint density at radius 1 is 1.14 bits per heavy atom. The van der Waals surface area contributed by atoms with Crippen molar-refractivity contribution in [2.24, 2.45) is 0 Å². The van der Waals surface area contributed by atoms with Crippen molar-refractivity contribution in [1.82, 2.24) is 19.8 Å². The number of aryl methyl sites for hydroxylation is 1. The Hall–Kier alpha value is -3.32. The maximum absolute atomic E-state index is 12.2. The standard InChI is InChI=1S/C21H19N5OS/c1-2-7-18-23-24-21-26(18)25-20(28-21)16-10-6-11-17(14-16)22-19(27)13-12-15-8-4-3-5-9-15/h3-6,8-14H,2,7H2,1H3,(H,22,27)/b13-12+. The molecule has 1 N–H and O–H groups in total. The highest BCUT2D eigenvalue weighted by molar-refractivity contribution is 7.19.